The molecule has 2 aromatic carbocycles. The maximum Gasteiger partial charge on any atom is 0.242 e. The van der Waals surface area contributed by atoms with E-state index in [0.717, 1.165) is 25.0 Å². The van der Waals surface area contributed by atoms with Crippen molar-refractivity contribution in [2.24, 2.45) is 0 Å². The predicted octanol–water partition coefficient (Wildman–Crippen LogP) is 3.51. The van der Waals surface area contributed by atoms with Gasteiger partial charge in [-0.2, -0.15) is 0 Å². The zero-order valence-electron chi connectivity index (χ0n) is 16.8. The quantitative estimate of drug-likeness (QED) is 0.767. The van der Waals surface area contributed by atoms with Crippen molar-refractivity contribution in [1.29, 1.82) is 0 Å². The molecule has 0 bridgehead atoms. The minimum Gasteiger partial charge on any atom is -0.488 e. The molecule has 0 radical (unpaired) electrons. The lowest BCUT2D eigenvalue weighted by atomic mass is 10.0. The van der Waals surface area contributed by atoms with Gasteiger partial charge in [-0.3, -0.25) is 9.59 Å². The number of amides is 2. The van der Waals surface area contributed by atoms with E-state index in [-0.39, 0.29) is 24.0 Å². The smallest absolute Gasteiger partial charge is 0.242 e. The first kappa shape index (κ1) is 19.8. The average Bonchev–Trinajstić information content (AvgIpc) is 3.38. The highest BCUT2D eigenvalue weighted by Gasteiger charge is 2.33. The molecule has 29 heavy (non-hydrogen) atoms. The Balaban J connectivity index is 1.36. The van der Waals surface area contributed by atoms with E-state index in [1.54, 1.807) is 16.7 Å². The van der Waals surface area contributed by atoms with E-state index in [0.29, 0.717) is 13.1 Å². The Morgan fingerprint density at radius 2 is 1.93 bits per heavy atom. The van der Waals surface area contributed by atoms with Crippen LogP contribution in [0.2, 0.25) is 0 Å². The van der Waals surface area contributed by atoms with Gasteiger partial charge >= 0.3 is 0 Å². The van der Waals surface area contributed by atoms with Crippen molar-refractivity contribution < 1.29 is 14.3 Å². The molecule has 2 aromatic rings. The van der Waals surface area contributed by atoms with Gasteiger partial charge in [-0.1, -0.05) is 18.2 Å². The lowest BCUT2D eigenvalue weighted by molar-refractivity contribution is -0.137. The first-order valence-electron chi connectivity index (χ1n) is 10.0. The van der Waals surface area contributed by atoms with Crippen LogP contribution in [0.4, 0.5) is 0 Å². The summed E-state index contributed by atoms with van der Waals surface area (Å²) in [5.74, 6) is 0.775. The molecule has 0 saturated carbocycles. The molecule has 6 heteroatoms. The number of hydrogen-bond donors (Lipinski definition) is 1. The Kier molecular flexibility index (Phi) is 5.81. The third kappa shape index (κ3) is 4.27. The molecule has 4 rings (SSSR count). The lowest BCUT2D eigenvalue weighted by Gasteiger charge is -2.23. The van der Waals surface area contributed by atoms with E-state index < -0.39 is 0 Å². The monoisotopic (exact) mass is 410 g/mol. The number of rotatable bonds is 5. The van der Waals surface area contributed by atoms with Gasteiger partial charge in [0.05, 0.1) is 6.54 Å². The van der Waals surface area contributed by atoms with Crippen LogP contribution in [0.3, 0.4) is 0 Å². The summed E-state index contributed by atoms with van der Waals surface area (Å²) in [5.41, 5.74) is 3.53. The van der Waals surface area contributed by atoms with Crippen LogP contribution < -0.4 is 10.1 Å². The fourth-order valence-electron chi connectivity index (χ4n) is 4.15. The van der Waals surface area contributed by atoms with Crippen molar-refractivity contribution in [2.45, 2.75) is 43.2 Å². The molecular weight excluding hydrogens is 384 g/mol. The van der Waals surface area contributed by atoms with Gasteiger partial charge in [-0.05, 0) is 60.1 Å². The summed E-state index contributed by atoms with van der Waals surface area (Å²) in [4.78, 5) is 27.1. The Morgan fingerprint density at radius 3 is 2.66 bits per heavy atom. The first-order valence-corrected chi connectivity index (χ1v) is 11.3. The van der Waals surface area contributed by atoms with Crippen molar-refractivity contribution in [2.75, 3.05) is 19.3 Å². The summed E-state index contributed by atoms with van der Waals surface area (Å²) in [7, 11) is 0. The number of benzene rings is 2. The van der Waals surface area contributed by atoms with E-state index in [1.807, 2.05) is 6.07 Å². The number of nitrogens with one attached hydrogen (secondary N) is 1. The number of carbonyl (C=O) groups excluding carboxylic acids is 2. The molecule has 0 aromatic heterocycles. The van der Waals surface area contributed by atoms with E-state index in [4.69, 9.17) is 4.74 Å². The molecule has 0 aliphatic carbocycles. The van der Waals surface area contributed by atoms with Crippen LogP contribution in [0, 0.1) is 0 Å². The van der Waals surface area contributed by atoms with Gasteiger partial charge in [0.1, 0.15) is 17.9 Å². The number of nitrogens with zero attached hydrogens (tertiary/aromatic N) is 1. The average molecular weight is 411 g/mol. The molecule has 2 heterocycles. The summed E-state index contributed by atoms with van der Waals surface area (Å²) in [5, 5.41) is 2.99. The van der Waals surface area contributed by atoms with Gasteiger partial charge in [0.25, 0.3) is 0 Å². The topological polar surface area (TPSA) is 58.6 Å². The SMILES string of the molecule is CSc1ccc(-c2ccc3c(c2)C[C@@H](CNC(=O)[C@@H]2CCCN2C(C)=O)O3)cc1. The normalized spacial score (nSPS) is 20.3. The van der Waals surface area contributed by atoms with Crippen LogP contribution >= 0.6 is 11.8 Å². The summed E-state index contributed by atoms with van der Waals surface area (Å²) >= 11 is 1.74. The zero-order valence-corrected chi connectivity index (χ0v) is 17.6. The summed E-state index contributed by atoms with van der Waals surface area (Å²) in [6, 6.07) is 14.5. The van der Waals surface area contributed by atoms with Crippen LogP contribution in [0.25, 0.3) is 11.1 Å². The molecule has 2 aliphatic heterocycles. The van der Waals surface area contributed by atoms with Crippen molar-refractivity contribution >= 4 is 23.6 Å². The Bertz CT molecular complexity index is 913. The van der Waals surface area contributed by atoms with Crippen LogP contribution in [-0.4, -0.2) is 48.2 Å². The van der Waals surface area contributed by atoms with Crippen LogP contribution in [-0.2, 0) is 16.0 Å². The number of fused-ring (bicyclic) bond motifs is 1. The van der Waals surface area contributed by atoms with Gasteiger partial charge in [0.2, 0.25) is 11.8 Å². The van der Waals surface area contributed by atoms with Gasteiger partial charge < -0.3 is 15.0 Å². The number of hydrogen-bond acceptors (Lipinski definition) is 4. The highest BCUT2D eigenvalue weighted by molar-refractivity contribution is 7.98. The molecule has 1 N–H and O–H groups in total. The molecule has 1 fully saturated rings. The Hall–Kier alpha value is -2.47. The fraction of sp³-hybridized carbons (Fsp3) is 0.391. The minimum absolute atomic E-state index is 0.0368. The number of thioether (sulfide) groups is 1. The van der Waals surface area contributed by atoms with E-state index in [1.165, 1.54) is 28.5 Å². The second kappa shape index (κ2) is 8.49. The second-order valence-corrected chi connectivity index (χ2v) is 8.49. The molecule has 0 unspecified atom stereocenters. The molecule has 2 aliphatic rings. The molecule has 1 saturated heterocycles. The number of likely N-dealkylation sites (tertiary alicyclic amines) is 1. The van der Waals surface area contributed by atoms with E-state index in [2.05, 4.69) is 48.0 Å². The third-order valence-electron chi connectivity index (χ3n) is 5.69. The van der Waals surface area contributed by atoms with Gasteiger partial charge in [0, 0.05) is 24.8 Å². The van der Waals surface area contributed by atoms with Gasteiger partial charge in [-0.15, -0.1) is 11.8 Å². The predicted molar refractivity (Wildman–Crippen MR) is 115 cm³/mol. The highest BCUT2D eigenvalue weighted by Crippen LogP contribution is 2.33. The lowest BCUT2D eigenvalue weighted by Crippen LogP contribution is -2.47. The van der Waals surface area contributed by atoms with Crippen LogP contribution in [0.1, 0.15) is 25.3 Å². The summed E-state index contributed by atoms with van der Waals surface area (Å²) in [6.45, 7) is 2.64. The van der Waals surface area contributed by atoms with Crippen molar-refractivity contribution in [3.8, 4) is 16.9 Å². The molecule has 2 atom stereocenters. The molecule has 0 spiro atoms. The third-order valence-corrected chi connectivity index (χ3v) is 6.43. The van der Waals surface area contributed by atoms with Gasteiger partial charge in [0.15, 0.2) is 0 Å². The maximum absolute atomic E-state index is 12.5. The molecule has 152 valence electrons. The Morgan fingerprint density at radius 1 is 1.17 bits per heavy atom. The largest absolute Gasteiger partial charge is 0.488 e. The fourth-order valence-corrected chi connectivity index (χ4v) is 4.55. The zero-order chi connectivity index (χ0) is 20.4. The van der Waals surface area contributed by atoms with Crippen molar-refractivity contribution in [3.05, 3.63) is 48.0 Å². The van der Waals surface area contributed by atoms with Crippen molar-refractivity contribution in [1.82, 2.24) is 10.2 Å². The van der Waals surface area contributed by atoms with Gasteiger partial charge in [-0.25, -0.2) is 0 Å². The minimum atomic E-state index is -0.341. The molecule has 5 nitrogen and oxygen atoms in total. The molecule has 2 amide bonds. The van der Waals surface area contributed by atoms with Crippen LogP contribution in [0.5, 0.6) is 5.75 Å². The number of ether oxygens (including phenoxy) is 1. The standard InChI is InChI=1S/C23H26N2O3S/c1-15(26)25-11-3-4-21(25)23(27)24-14-19-13-18-12-17(7-10-22(18)28-19)16-5-8-20(29-2)9-6-16/h5-10,12,19,21H,3-4,11,13-14H2,1-2H3,(H,24,27)/t19-,21-/m0/s1. The second-order valence-electron chi connectivity index (χ2n) is 7.61. The summed E-state index contributed by atoms with van der Waals surface area (Å²) < 4.78 is 6.02. The molecular formula is C23H26N2O3S. The highest BCUT2D eigenvalue weighted by atomic mass is 32.2. The van der Waals surface area contributed by atoms with E-state index in [9.17, 15) is 9.59 Å². The van der Waals surface area contributed by atoms with E-state index >= 15 is 0 Å². The summed E-state index contributed by atoms with van der Waals surface area (Å²) in [6.07, 6.45) is 4.38. The van der Waals surface area contributed by atoms with Crippen LogP contribution in [0.15, 0.2) is 47.4 Å². The Labute approximate surface area is 175 Å². The van der Waals surface area contributed by atoms with Crippen molar-refractivity contribution in [3.63, 3.8) is 0 Å². The maximum atomic E-state index is 12.5. The first-order chi connectivity index (χ1) is 14.0. The number of carbonyl (C=O) groups is 2.